The minimum atomic E-state index is -0.352. The van der Waals surface area contributed by atoms with Crippen molar-refractivity contribution in [3.8, 4) is 0 Å². The van der Waals surface area contributed by atoms with Crippen molar-refractivity contribution in [1.29, 1.82) is 0 Å². The number of allylic oxidation sites excluding steroid dienone is 2. The summed E-state index contributed by atoms with van der Waals surface area (Å²) in [5, 5.41) is 9.13. The lowest BCUT2D eigenvalue weighted by Gasteiger charge is -2.27. The molecule has 0 spiro atoms. The normalized spacial score (nSPS) is 37.1. The Labute approximate surface area is 112 Å². The highest BCUT2D eigenvalue weighted by atomic mass is 16.3. The van der Waals surface area contributed by atoms with Crippen molar-refractivity contribution in [3.63, 3.8) is 0 Å². The van der Waals surface area contributed by atoms with Crippen LogP contribution in [-0.2, 0) is 9.59 Å². The molecule has 2 amide bonds. The van der Waals surface area contributed by atoms with E-state index in [1.165, 1.54) is 4.90 Å². The van der Waals surface area contributed by atoms with Crippen LogP contribution in [0.1, 0.15) is 19.8 Å². The molecule has 0 radical (unpaired) electrons. The average molecular weight is 261 g/mol. The summed E-state index contributed by atoms with van der Waals surface area (Å²) in [7, 11) is 0. The summed E-state index contributed by atoms with van der Waals surface area (Å²) >= 11 is 0. The molecule has 1 saturated carbocycles. The third-order valence-corrected chi connectivity index (χ3v) is 4.79. The van der Waals surface area contributed by atoms with Crippen LogP contribution in [-0.4, -0.2) is 34.5 Å². The van der Waals surface area contributed by atoms with E-state index in [1.807, 2.05) is 6.92 Å². The lowest BCUT2D eigenvalue weighted by molar-refractivity contribution is -0.142. The van der Waals surface area contributed by atoms with Gasteiger partial charge in [0.1, 0.15) is 0 Å². The largest absolute Gasteiger partial charge is 0.396 e. The molecule has 102 valence electrons. The van der Waals surface area contributed by atoms with Crippen LogP contribution in [0.3, 0.4) is 0 Å². The van der Waals surface area contributed by atoms with Gasteiger partial charge in [-0.05, 0) is 31.6 Å². The number of aliphatic hydroxyl groups excluding tert-OH is 1. The second-order valence-electron chi connectivity index (χ2n) is 5.92. The zero-order chi connectivity index (χ0) is 13.7. The molecule has 5 atom stereocenters. The number of hydrogen-bond donors (Lipinski definition) is 1. The maximum atomic E-state index is 12.6. The fourth-order valence-corrected chi connectivity index (χ4v) is 3.95. The highest BCUT2D eigenvalue weighted by Gasteiger charge is 2.60. The Morgan fingerprint density at radius 1 is 1.37 bits per heavy atom. The molecule has 2 fully saturated rings. The van der Waals surface area contributed by atoms with E-state index in [1.54, 1.807) is 0 Å². The van der Waals surface area contributed by atoms with Gasteiger partial charge in [-0.15, -0.1) is 0 Å². The number of carbonyl (C=O) groups excluding carboxylic acids is 2. The summed E-state index contributed by atoms with van der Waals surface area (Å²) in [6, 6.07) is -0.352. The van der Waals surface area contributed by atoms with Gasteiger partial charge in [0, 0.05) is 6.61 Å². The van der Waals surface area contributed by atoms with E-state index in [9.17, 15) is 9.59 Å². The Hall–Kier alpha value is -1.42. The number of fused-ring (bicyclic) bond motifs is 5. The number of hydrogen-bond acceptors (Lipinski definition) is 3. The quantitative estimate of drug-likeness (QED) is 0.609. The number of likely N-dealkylation sites (tertiary alicyclic amines) is 1. The van der Waals surface area contributed by atoms with Crippen molar-refractivity contribution < 1.29 is 14.7 Å². The number of carbonyl (C=O) groups is 2. The molecule has 1 N–H and O–H groups in total. The minimum Gasteiger partial charge on any atom is -0.396 e. The lowest BCUT2D eigenvalue weighted by Crippen LogP contribution is -2.42. The molecule has 0 aromatic heterocycles. The van der Waals surface area contributed by atoms with Gasteiger partial charge >= 0.3 is 0 Å². The van der Waals surface area contributed by atoms with Crippen molar-refractivity contribution in [1.82, 2.24) is 4.90 Å². The number of aliphatic hydroxyl groups is 1. The molecule has 19 heavy (non-hydrogen) atoms. The molecular weight excluding hydrogens is 242 g/mol. The van der Waals surface area contributed by atoms with E-state index in [0.717, 1.165) is 12.0 Å². The van der Waals surface area contributed by atoms with Crippen molar-refractivity contribution in [3.05, 3.63) is 24.3 Å². The van der Waals surface area contributed by atoms with Crippen molar-refractivity contribution in [2.75, 3.05) is 6.61 Å². The summed E-state index contributed by atoms with van der Waals surface area (Å²) in [5.41, 5.74) is 0.760. The number of amides is 2. The molecule has 1 aliphatic heterocycles. The van der Waals surface area contributed by atoms with Gasteiger partial charge < -0.3 is 5.11 Å². The molecule has 1 heterocycles. The zero-order valence-corrected chi connectivity index (χ0v) is 11.1. The Morgan fingerprint density at radius 3 is 2.32 bits per heavy atom. The van der Waals surface area contributed by atoms with Gasteiger partial charge in [0.05, 0.1) is 17.9 Å². The second-order valence-corrected chi connectivity index (χ2v) is 5.92. The van der Waals surface area contributed by atoms with Gasteiger partial charge in [-0.3, -0.25) is 14.5 Å². The maximum Gasteiger partial charge on any atom is 0.234 e. The molecular formula is C15H19NO3. The lowest BCUT2D eigenvalue weighted by atomic mass is 9.85. The SMILES string of the molecule is C=C(C)C(CCO)N1C(=O)C2C3C=CC(C3)C2C1=O. The molecule has 4 heteroatoms. The van der Waals surface area contributed by atoms with Crippen molar-refractivity contribution in [2.24, 2.45) is 23.7 Å². The average Bonchev–Trinajstić information content (AvgIpc) is 3.02. The highest BCUT2D eigenvalue weighted by Crippen LogP contribution is 2.53. The minimum absolute atomic E-state index is 0.0466. The molecule has 0 aromatic carbocycles. The maximum absolute atomic E-state index is 12.6. The van der Waals surface area contributed by atoms with Gasteiger partial charge in [-0.25, -0.2) is 0 Å². The number of rotatable bonds is 4. The van der Waals surface area contributed by atoms with E-state index >= 15 is 0 Å². The first-order valence-corrected chi connectivity index (χ1v) is 6.87. The first kappa shape index (κ1) is 12.6. The predicted octanol–water partition coefficient (Wildman–Crippen LogP) is 1.12. The van der Waals surface area contributed by atoms with Crippen molar-refractivity contribution in [2.45, 2.75) is 25.8 Å². The third-order valence-electron chi connectivity index (χ3n) is 4.79. The van der Waals surface area contributed by atoms with Crippen LogP contribution < -0.4 is 0 Å². The topological polar surface area (TPSA) is 57.6 Å². The third kappa shape index (κ3) is 1.62. The van der Waals surface area contributed by atoms with E-state index in [4.69, 9.17) is 5.11 Å². The molecule has 5 unspecified atom stereocenters. The molecule has 4 nitrogen and oxygen atoms in total. The Bertz CT molecular complexity index is 452. The van der Waals surface area contributed by atoms with Gasteiger partial charge in [-0.1, -0.05) is 24.3 Å². The van der Waals surface area contributed by atoms with Crippen LogP contribution >= 0.6 is 0 Å². The summed E-state index contributed by atoms with van der Waals surface area (Å²) in [6.45, 7) is 5.62. The van der Waals surface area contributed by atoms with Gasteiger partial charge in [0.25, 0.3) is 0 Å². The molecule has 0 aromatic rings. The monoisotopic (exact) mass is 261 g/mol. The van der Waals surface area contributed by atoms with Crippen LogP contribution in [0, 0.1) is 23.7 Å². The number of nitrogens with zero attached hydrogens (tertiary/aromatic N) is 1. The highest BCUT2D eigenvalue weighted by molar-refractivity contribution is 6.07. The van der Waals surface area contributed by atoms with Gasteiger partial charge in [-0.2, -0.15) is 0 Å². The van der Waals surface area contributed by atoms with Crippen molar-refractivity contribution >= 4 is 11.8 Å². The van der Waals surface area contributed by atoms with Gasteiger partial charge in [0.15, 0.2) is 0 Å². The van der Waals surface area contributed by atoms with E-state index in [2.05, 4.69) is 18.7 Å². The second kappa shape index (κ2) is 4.30. The first-order valence-electron chi connectivity index (χ1n) is 6.87. The Morgan fingerprint density at radius 2 is 1.89 bits per heavy atom. The summed E-state index contributed by atoms with van der Waals surface area (Å²) in [6.07, 6.45) is 5.50. The van der Waals surface area contributed by atoms with Crippen LogP contribution in [0.2, 0.25) is 0 Å². The summed E-state index contributed by atoms with van der Waals surface area (Å²) in [5.74, 6) is 0.0142. The van der Waals surface area contributed by atoms with E-state index in [-0.39, 0.29) is 48.1 Å². The van der Waals surface area contributed by atoms with Crippen LogP contribution in [0.25, 0.3) is 0 Å². The number of imide groups is 1. The van der Waals surface area contributed by atoms with Crippen LogP contribution in [0.5, 0.6) is 0 Å². The van der Waals surface area contributed by atoms with E-state index in [0.29, 0.717) is 6.42 Å². The summed E-state index contributed by atoms with van der Waals surface area (Å²) < 4.78 is 0. The Kier molecular flexibility index (Phi) is 2.86. The predicted molar refractivity (Wildman–Crippen MR) is 69.9 cm³/mol. The molecule has 3 aliphatic rings. The first-order chi connectivity index (χ1) is 9.06. The standard InChI is InChI=1S/C15H19NO3/c1-8(2)11(5-6-17)16-14(18)12-9-3-4-10(7-9)13(12)15(16)19/h3-4,9-13,17H,1,5-7H2,2H3. The fourth-order valence-electron chi connectivity index (χ4n) is 3.95. The van der Waals surface area contributed by atoms with E-state index < -0.39 is 0 Å². The molecule has 3 rings (SSSR count). The zero-order valence-electron chi connectivity index (χ0n) is 11.1. The van der Waals surface area contributed by atoms with Crippen LogP contribution in [0.15, 0.2) is 24.3 Å². The Balaban J connectivity index is 1.91. The summed E-state index contributed by atoms with van der Waals surface area (Å²) in [4.78, 5) is 26.5. The van der Waals surface area contributed by atoms with Crippen LogP contribution in [0.4, 0.5) is 0 Å². The molecule has 2 bridgehead atoms. The van der Waals surface area contributed by atoms with Gasteiger partial charge in [0.2, 0.25) is 11.8 Å². The smallest absolute Gasteiger partial charge is 0.234 e. The fraction of sp³-hybridized carbons (Fsp3) is 0.600. The molecule has 1 saturated heterocycles. The molecule has 2 aliphatic carbocycles.